The highest BCUT2D eigenvalue weighted by atomic mass is 16.3. The molecule has 0 bridgehead atoms. The summed E-state index contributed by atoms with van der Waals surface area (Å²) in [7, 11) is 0. The first-order chi connectivity index (χ1) is 42.2. The Kier molecular flexibility index (Phi) is 9.61. The van der Waals surface area contributed by atoms with Crippen molar-refractivity contribution in [1.29, 1.82) is 0 Å². The van der Waals surface area contributed by atoms with Crippen molar-refractivity contribution in [2.75, 3.05) is 0 Å². The van der Waals surface area contributed by atoms with E-state index in [9.17, 15) is 0 Å². The second-order valence-corrected chi connectivity index (χ2v) is 22.6. The highest BCUT2D eigenvalue weighted by Crippen LogP contribution is 2.42. The molecule has 2 aliphatic rings. The van der Waals surface area contributed by atoms with Gasteiger partial charge in [-0.2, -0.15) is 0 Å². The first-order valence-corrected chi connectivity index (χ1v) is 29.2. The number of rotatable bonds is 2. The van der Waals surface area contributed by atoms with Gasteiger partial charge >= 0.3 is 0 Å². The molecular weight excluding hydrogens is 1040 g/mol. The fourth-order valence-corrected chi connectivity index (χ4v) is 14.8. The Labute approximate surface area is 486 Å². The molecule has 0 aliphatic carbocycles. The molecule has 7 heteroatoms. The minimum Gasteiger partial charge on any atom is -0.456 e. The molecule has 4 aromatic heterocycles. The summed E-state index contributed by atoms with van der Waals surface area (Å²) in [4.78, 5) is 0. The molecule has 85 heavy (non-hydrogen) atoms. The van der Waals surface area contributed by atoms with Crippen LogP contribution in [0, 0.1) is 0 Å². The fraction of sp³-hybridized carbons (Fsp3) is 0. The normalized spacial score (nSPS) is 12.4. The van der Waals surface area contributed by atoms with E-state index < -0.39 is 0 Å². The SMILES string of the molecule is c1ccc2c(c1)oc1ccccc1c1cc3c4ccccc4oc4ccccc4c4ccccc4n4c3c3c1n(c1ccccc21)-c1cc(-n2c5ccccc5c5ccccc52)ccc1B3c1ccc(-n2c3ccccc3c3ccccc32)cc1-4. The predicted molar refractivity (Wildman–Crippen MR) is 356 cm³/mol. The van der Waals surface area contributed by atoms with Gasteiger partial charge in [-0.25, -0.2) is 0 Å². The first-order valence-electron chi connectivity index (χ1n) is 29.2. The Morgan fingerprint density at radius 1 is 0.224 bits per heavy atom. The zero-order chi connectivity index (χ0) is 55.4. The summed E-state index contributed by atoms with van der Waals surface area (Å²) in [5.41, 5.74) is 20.0. The summed E-state index contributed by atoms with van der Waals surface area (Å²) in [6.07, 6.45) is 0. The van der Waals surface area contributed by atoms with Crippen molar-refractivity contribution in [3.05, 3.63) is 285 Å². The highest BCUT2D eigenvalue weighted by molar-refractivity contribution is 7.00. The van der Waals surface area contributed by atoms with E-state index in [1.165, 1.54) is 37.9 Å². The van der Waals surface area contributed by atoms with Crippen LogP contribution in [0.3, 0.4) is 0 Å². The molecule has 0 amide bonds. The first kappa shape index (κ1) is 46.3. The number of benzene rings is 13. The van der Waals surface area contributed by atoms with Crippen LogP contribution in [0.2, 0.25) is 0 Å². The second kappa shape index (κ2) is 17.6. The van der Waals surface area contributed by atoms with E-state index in [4.69, 9.17) is 8.83 Å². The van der Waals surface area contributed by atoms with E-state index in [1.54, 1.807) is 0 Å². The largest absolute Gasteiger partial charge is 0.456 e. The van der Waals surface area contributed by atoms with Crippen LogP contribution in [0.1, 0.15) is 0 Å². The molecule has 0 spiro atoms. The maximum atomic E-state index is 7.33. The van der Waals surface area contributed by atoms with Crippen molar-refractivity contribution in [2.24, 2.45) is 0 Å². The van der Waals surface area contributed by atoms with E-state index in [-0.39, 0.29) is 6.71 Å². The lowest BCUT2D eigenvalue weighted by Gasteiger charge is -2.36. The van der Waals surface area contributed by atoms with Crippen LogP contribution >= 0.6 is 0 Å². The number of para-hydroxylation sites is 10. The van der Waals surface area contributed by atoms with E-state index in [0.717, 1.165) is 132 Å². The molecule has 0 fully saturated rings. The fourth-order valence-electron chi connectivity index (χ4n) is 14.8. The Hall–Kier alpha value is -11.3. The predicted octanol–water partition coefficient (Wildman–Crippen LogP) is 18.4. The van der Waals surface area contributed by atoms with Gasteiger partial charge in [0.25, 0.3) is 6.71 Å². The van der Waals surface area contributed by atoms with Gasteiger partial charge in [-0.3, -0.25) is 0 Å². The van der Waals surface area contributed by atoms with Crippen LogP contribution in [-0.4, -0.2) is 25.0 Å². The van der Waals surface area contributed by atoms with Crippen LogP contribution in [0.25, 0.3) is 154 Å². The third-order valence-electron chi connectivity index (χ3n) is 18.3. The van der Waals surface area contributed by atoms with Crippen LogP contribution in [0.5, 0.6) is 0 Å². The van der Waals surface area contributed by atoms with E-state index in [1.807, 2.05) is 0 Å². The topological polar surface area (TPSA) is 46.0 Å². The minimum atomic E-state index is -0.272. The van der Waals surface area contributed by atoms with Crippen molar-refractivity contribution >= 4 is 154 Å². The van der Waals surface area contributed by atoms with Crippen molar-refractivity contribution in [3.63, 3.8) is 0 Å². The average Bonchev–Trinajstić information content (AvgIpc) is 1.30. The van der Waals surface area contributed by atoms with Crippen LogP contribution in [0.4, 0.5) is 0 Å². The molecule has 6 nitrogen and oxygen atoms in total. The Morgan fingerprint density at radius 3 is 0.812 bits per heavy atom. The van der Waals surface area contributed by atoms with Crippen molar-refractivity contribution in [3.8, 4) is 22.7 Å². The van der Waals surface area contributed by atoms with Crippen LogP contribution < -0.4 is 16.4 Å². The van der Waals surface area contributed by atoms with Crippen molar-refractivity contribution < 1.29 is 8.83 Å². The van der Waals surface area contributed by atoms with E-state index in [0.29, 0.717) is 0 Å². The van der Waals surface area contributed by atoms with E-state index in [2.05, 4.69) is 303 Å². The third kappa shape index (κ3) is 6.49. The maximum Gasteiger partial charge on any atom is 0.252 e. The molecular formula is C78H47BN4O2. The van der Waals surface area contributed by atoms with Crippen molar-refractivity contribution in [2.45, 2.75) is 0 Å². The summed E-state index contributed by atoms with van der Waals surface area (Å²) >= 11 is 0. The van der Waals surface area contributed by atoms with Gasteiger partial charge in [-0.1, -0.05) is 194 Å². The highest BCUT2D eigenvalue weighted by Gasteiger charge is 2.40. The number of hydrogen-bond acceptors (Lipinski definition) is 2. The average molecular weight is 1080 g/mol. The zero-order valence-corrected chi connectivity index (χ0v) is 45.8. The number of fused-ring (bicyclic) bond motifs is 24. The summed E-state index contributed by atoms with van der Waals surface area (Å²) in [5.74, 6) is 0. The summed E-state index contributed by atoms with van der Waals surface area (Å²) in [5, 5.41) is 13.1. The molecule has 0 saturated heterocycles. The van der Waals surface area contributed by atoms with Crippen LogP contribution in [-0.2, 0) is 0 Å². The molecule has 19 rings (SSSR count). The van der Waals surface area contributed by atoms with Gasteiger partial charge in [-0.15, -0.1) is 0 Å². The van der Waals surface area contributed by atoms with Gasteiger partial charge in [0.1, 0.15) is 22.3 Å². The molecule has 17 aromatic rings. The van der Waals surface area contributed by atoms with Gasteiger partial charge in [-0.05, 0) is 107 Å². The molecule has 0 saturated carbocycles. The zero-order valence-electron chi connectivity index (χ0n) is 45.8. The number of aromatic nitrogens is 4. The summed E-state index contributed by atoms with van der Waals surface area (Å²) < 4.78 is 24.8. The minimum absolute atomic E-state index is 0.272. The smallest absolute Gasteiger partial charge is 0.252 e. The Balaban J connectivity index is 1.12. The second-order valence-electron chi connectivity index (χ2n) is 22.6. The lowest BCUT2D eigenvalue weighted by atomic mass is 9.34. The Bertz CT molecular complexity index is 5550. The summed E-state index contributed by atoms with van der Waals surface area (Å²) in [6, 6.07) is 104. The standard InChI is InChI=1S/C78H47BN4O2/c1-11-31-64-50(21-1)51-22-2-12-32-65(51)80(64)48-41-43-62-70(45-48)82-68-35-15-5-25-54(68)56-27-7-17-37-72(56)84-74-39-19-9-29-58(74)60-47-61-59-30-10-20-40-75(59)85-73-38-18-8-28-57(73)55-26-6-16-36-69(55)83-71-46-49(42-44-63(71)79(62)76(77(60)82)78(61)83)81-66-33-13-3-23-52(66)53-24-4-14-34-67(53)81/h1-47H. The molecule has 13 aromatic carbocycles. The Morgan fingerprint density at radius 2 is 0.482 bits per heavy atom. The summed E-state index contributed by atoms with van der Waals surface area (Å²) in [6.45, 7) is -0.272. The third-order valence-corrected chi connectivity index (χ3v) is 18.3. The lowest BCUT2D eigenvalue weighted by molar-refractivity contribution is 0.663. The van der Waals surface area contributed by atoms with Gasteiger partial charge in [0.05, 0.1) is 44.1 Å². The molecule has 394 valence electrons. The molecule has 6 heterocycles. The van der Waals surface area contributed by atoms with Crippen molar-refractivity contribution in [1.82, 2.24) is 18.3 Å². The van der Waals surface area contributed by atoms with Gasteiger partial charge in [0, 0.05) is 87.4 Å². The quantitative estimate of drug-likeness (QED) is 0.162. The number of hydrogen-bond donors (Lipinski definition) is 0. The van der Waals surface area contributed by atoms with Gasteiger partial charge in [0.2, 0.25) is 0 Å². The molecule has 0 unspecified atom stereocenters. The molecule has 0 radical (unpaired) electrons. The van der Waals surface area contributed by atoms with Crippen LogP contribution in [0.15, 0.2) is 294 Å². The maximum absolute atomic E-state index is 7.33. The monoisotopic (exact) mass is 1080 g/mol. The lowest BCUT2D eigenvalue weighted by Crippen LogP contribution is -2.59. The molecule has 2 aliphatic heterocycles. The molecule has 0 atom stereocenters. The van der Waals surface area contributed by atoms with Gasteiger partial charge < -0.3 is 27.1 Å². The van der Waals surface area contributed by atoms with E-state index >= 15 is 0 Å². The number of nitrogens with zero attached hydrogens (tertiary/aromatic N) is 4. The van der Waals surface area contributed by atoms with Gasteiger partial charge in [0.15, 0.2) is 0 Å². The molecule has 0 N–H and O–H groups in total.